The van der Waals surface area contributed by atoms with Crippen molar-refractivity contribution in [3.05, 3.63) is 71.3 Å². The van der Waals surface area contributed by atoms with Crippen LogP contribution >= 0.6 is 0 Å². The highest BCUT2D eigenvalue weighted by molar-refractivity contribution is 5.93. The lowest BCUT2D eigenvalue weighted by Crippen LogP contribution is -2.43. The van der Waals surface area contributed by atoms with E-state index in [1.165, 1.54) is 6.08 Å². The second-order valence-electron chi connectivity index (χ2n) is 5.29. The van der Waals surface area contributed by atoms with Crippen molar-refractivity contribution >= 4 is 17.9 Å². The number of hydrogen-bond acceptors (Lipinski definition) is 3. The number of rotatable bonds is 5. The standard InChI is InChI=1S/C19H20N2O3/c1-14-7-6-8-15(2)19(14)24-13-18(23)21-20-17(22)12-11-16-9-4-3-5-10-16/h3-12H,13H2,1-2H3,(H,20,22)(H,21,23). The highest BCUT2D eigenvalue weighted by atomic mass is 16.5. The molecule has 0 aliphatic rings. The van der Waals surface area contributed by atoms with Gasteiger partial charge in [0.05, 0.1) is 0 Å². The molecule has 0 saturated heterocycles. The second kappa shape index (κ2) is 8.53. The number of hydrogen-bond donors (Lipinski definition) is 2. The third-order valence-corrected chi connectivity index (χ3v) is 3.31. The van der Waals surface area contributed by atoms with E-state index < -0.39 is 11.8 Å². The van der Waals surface area contributed by atoms with Gasteiger partial charge in [0.1, 0.15) is 5.75 Å². The maximum Gasteiger partial charge on any atom is 0.276 e. The Hall–Kier alpha value is -3.08. The first-order valence-electron chi connectivity index (χ1n) is 7.57. The van der Waals surface area contributed by atoms with E-state index in [2.05, 4.69) is 10.9 Å². The van der Waals surface area contributed by atoms with Crippen LogP contribution in [0.1, 0.15) is 16.7 Å². The molecule has 0 bridgehead atoms. The molecule has 5 heteroatoms. The molecule has 2 N–H and O–H groups in total. The summed E-state index contributed by atoms with van der Waals surface area (Å²) in [6.07, 6.45) is 3.01. The molecule has 5 nitrogen and oxygen atoms in total. The van der Waals surface area contributed by atoms with Gasteiger partial charge in [0.2, 0.25) is 0 Å². The number of benzene rings is 2. The van der Waals surface area contributed by atoms with E-state index in [0.717, 1.165) is 16.7 Å². The van der Waals surface area contributed by atoms with Crippen LogP contribution in [-0.4, -0.2) is 18.4 Å². The van der Waals surface area contributed by atoms with Gasteiger partial charge < -0.3 is 4.74 Å². The third-order valence-electron chi connectivity index (χ3n) is 3.31. The van der Waals surface area contributed by atoms with Crippen LogP contribution in [0.25, 0.3) is 6.08 Å². The number of nitrogens with one attached hydrogen (secondary N) is 2. The van der Waals surface area contributed by atoms with Gasteiger partial charge in [-0.2, -0.15) is 0 Å². The van der Waals surface area contributed by atoms with Gasteiger partial charge in [-0.3, -0.25) is 20.4 Å². The van der Waals surface area contributed by atoms with Gasteiger partial charge in [-0.1, -0.05) is 48.5 Å². The van der Waals surface area contributed by atoms with Crippen molar-refractivity contribution in [1.82, 2.24) is 10.9 Å². The van der Waals surface area contributed by atoms with Crippen molar-refractivity contribution in [2.24, 2.45) is 0 Å². The predicted molar refractivity (Wildman–Crippen MR) is 93.2 cm³/mol. The molecule has 0 aromatic heterocycles. The minimum absolute atomic E-state index is 0.172. The third kappa shape index (κ3) is 5.28. The molecule has 2 rings (SSSR count). The number of carbonyl (C=O) groups excluding carboxylic acids is 2. The molecule has 0 heterocycles. The van der Waals surface area contributed by atoms with Crippen LogP contribution in [0.5, 0.6) is 5.75 Å². The summed E-state index contributed by atoms with van der Waals surface area (Å²) < 4.78 is 5.51. The maximum atomic E-state index is 11.7. The molecular formula is C19H20N2O3. The summed E-state index contributed by atoms with van der Waals surface area (Å²) >= 11 is 0. The SMILES string of the molecule is Cc1cccc(C)c1OCC(=O)NNC(=O)C=Cc1ccccc1. The summed E-state index contributed by atoms with van der Waals surface area (Å²) in [7, 11) is 0. The van der Waals surface area contributed by atoms with Gasteiger partial charge in [-0.05, 0) is 36.6 Å². The van der Waals surface area contributed by atoms with Gasteiger partial charge in [-0.25, -0.2) is 0 Å². The Morgan fingerprint density at radius 2 is 1.62 bits per heavy atom. The molecule has 0 spiro atoms. The molecule has 0 atom stereocenters. The summed E-state index contributed by atoms with van der Waals surface area (Å²) in [6.45, 7) is 3.65. The van der Waals surface area contributed by atoms with E-state index in [-0.39, 0.29) is 6.61 Å². The van der Waals surface area contributed by atoms with Crippen molar-refractivity contribution < 1.29 is 14.3 Å². The van der Waals surface area contributed by atoms with Gasteiger partial charge >= 0.3 is 0 Å². The van der Waals surface area contributed by atoms with Gasteiger partial charge in [0.25, 0.3) is 11.8 Å². The fraction of sp³-hybridized carbons (Fsp3) is 0.158. The number of aryl methyl sites for hydroxylation is 2. The van der Waals surface area contributed by atoms with Crippen LogP contribution in [0, 0.1) is 13.8 Å². The average Bonchev–Trinajstić information content (AvgIpc) is 2.58. The zero-order valence-electron chi connectivity index (χ0n) is 13.7. The first kappa shape index (κ1) is 17.3. The molecule has 0 radical (unpaired) electrons. The lowest BCUT2D eigenvalue weighted by Gasteiger charge is -2.11. The summed E-state index contributed by atoms with van der Waals surface area (Å²) in [5.74, 6) is -0.165. The van der Waals surface area contributed by atoms with E-state index >= 15 is 0 Å². The summed E-state index contributed by atoms with van der Waals surface area (Å²) in [5, 5.41) is 0. The van der Waals surface area contributed by atoms with Crippen molar-refractivity contribution in [2.75, 3.05) is 6.61 Å². The molecule has 2 amide bonds. The van der Waals surface area contributed by atoms with Crippen molar-refractivity contribution in [3.63, 3.8) is 0 Å². The topological polar surface area (TPSA) is 67.4 Å². The van der Waals surface area contributed by atoms with Crippen LogP contribution in [0.2, 0.25) is 0 Å². The molecule has 0 aliphatic heterocycles. The largest absolute Gasteiger partial charge is 0.483 e. The zero-order chi connectivity index (χ0) is 17.4. The quantitative estimate of drug-likeness (QED) is 0.656. The molecule has 124 valence electrons. The smallest absolute Gasteiger partial charge is 0.276 e. The molecule has 0 aliphatic carbocycles. The fourth-order valence-electron chi connectivity index (χ4n) is 2.11. The summed E-state index contributed by atoms with van der Waals surface area (Å²) in [5.41, 5.74) is 7.44. The first-order valence-corrected chi connectivity index (χ1v) is 7.57. The van der Waals surface area contributed by atoms with Crippen molar-refractivity contribution in [1.29, 1.82) is 0 Å². The predicted octanol–water partition coefficient (Wildman–Crippen LogP) is 2.54. The lowest BCUT2D eigenvalue weighted by molar-refractivity contribution is -0.128. The Morgan fingerprint density at radius 3 is 2.29 bits per heavy atom. The highest BCUT2D eigenvalue weighted by Crippen LogP contribution is 2.21. The molecule has 2 aromatic rings. The number of hydrazine groups is 1. The molecule has 2 aromatic carbocycles. The van der Waals surface area contributed by atoms with Crippen LogP contribution in [0.4, 0.5) is 0 Å². The van der Waals surface area contributed by atoms with Gasteiger partial charge in [0, 0.05) is 6.08 Å². The van der Waals surface area contributed by atoms with E-state index in [0.29, 0.717) is 5.75 Å². The Kier molecular flexibility index (Phi) is 6.14. The monoisotopic (exact) mass is 324 g/mol. The maximum absolute atomic E-state index is 11.7. The van der Waals surface area contributed by atoms with Gasteiger partial charge in [0.15, 0.2) is 6.61 Å². The first-order chi connectivity index (χ1) is 11.6. The lowest BCUT2D eigenvalue weighted by atomic mass is 10.1. The highest BCUT2D eigenvalue weighted by Gasteiger charge is 2.07. The number of amides is 2. The van der Waals surface area contributed by atoms with E-state index in [9.17, 15) is 9.59 Å². The van der Waals surface area contributed by atoms with Crippen LogP contribution in [-0.2, 0) is 9.59 Å². The molecule has 0 fully saturated rings. The number of carbonyl (C=O) groups is 2. The number of ether oxygens (including phenoxy) is 1. The normalized spacial score (nSPS) is 10.4. The number of para-hydroxylation sites is 1. The Bertz CT molecular complexity index is 719. The minimum atomic E-state index is -0.431. The van der Waals surface area contributed by atoms with Crippen LogP contribution < -0.4 is 15.6 Å². The Balaban J connectivity index is 1.77. The zero-order valence-corrected chi connectivity index (χ0v) is 13.7. The molecular weight excluding hydrogens is 304 g/mol. The summed E-state index contributed by atoms with van der Waals surface area (Å²) in [4.78, 5) is 23.4. The molecule has 0 unspecified atom stereocenters. The minimum Gasteiger partial charge on any atom is -0.483 e. The Morgan fingerprint density at radius 1 is 0.958 bits per heavy atom. The summed E-state index contributed by atoms with van der Waals surface area (Å²) in [6, 6.07) is 15.2. The molecule has 24 heavy (non-hydrogen) atoms. The fourth-order valence-corrected chi connectivity index (χ4v) is 2.11. The van der Waals surface area contributed by atoms with Crippen molar-refractivity contribution in [2.45, 2.75) is 13.8 Å². The molecule has 0 saturated carbocycles. The van der Waals surface area contributed by atoms with Gasteiger partial charge in [-0.15, -0.1) is 0 Å². The van der Waals surface area contributed by atoms with Crippen LogP contribution in [0.15, 0.2) is 54.6 Å². The Labute approximate surface area is 141 Å². The van der Waals surface area contributed by atoms with E-state index in [1.54, 1.807) is 6.08 Å². The van der Waals surface area contributed by atoms with Crippen LogP contribution in [0.3, 0.4) is 0 Å². The van der Waals surface area contributed by atoms with E-state index in [4.69, 9.17) is 4.74 Å². The average molecular weight is 324 g/mol. The van der Waals surface area contributed by atoms with E-state index in [1.807, 2.05) is 62.4 Å². The van der Waals surface area contributed by atoms with Crippen molar-refractivity contribution in [3.8, 4) is 5.75 Å². The second-order valence-corrected chi connectivity index (χ2v) is 5.29.